The summed E-state index contributed by atoms with van der Waals surface area (Å²) in [5.41, 5.74) is 3.30. The third-order valence-corrected chi connectivity index (χ3v) is 1.71. The highest BCUT2D eigenvalue weighted by Gasteiger charge is 1.92. The SMILES string of the molecule is C=Cc1cc(C=C)cc(C=C)c1. The maximum Gasteiger partial charge on any atom is -0.0251 e. The highest BCUT2D eigenvalue weighted by atomic mass is 14.0. The molecule has 0 unspecified atom stereocenters. The molecule has 0 saturated heterocycles. The maximum atomic E-state index is 3.71. The van der Waals surface area contributed by atoms with E-state index in [1.807, 2.05) is 36.4 Å². The molecule has 0 amide bonds. The lowest BCUT2D eigenvalue weighted by molar-refractivity contribution is 1.59. The van der Waals surface area contributed by atoms with E-state index in [1.165, 1.54) is 0 Å². The largest absolute Gasteiger partial charge is 0.0985 e. The molecule has 60 valence electrons. The molecule has 0 saturated carbocycles. The van der Waals surface area contributed by atoms with Gasteiger partial charge < -0.3 is 0 Å². The van der Waals surface area contributed by atoms with Crippen LogP contribution in [0, 0.1) is 0 Å². The topological polar surface area (TPSA) is 0 Å². The summed E-state index contributed by atoms with van der Waals surface area (Å²) in [6, 6.07) is 6.10. The Morgan fingerprint density at radius 1 is 0.667 bits per heavy atom. The molecular weight excluding hydrogens is 144 g/mol. The molecule has 1 aromatic rings. The van der Waals surface area contributed by atoms with Gasteiger partial charge in [0.25, 0.3) is 0 Å². The zero-order valence-electron chi connectivity index (χ0n) is 7.09. The minimum atomic E-state index is 1.10. The zero-order chi connectivity index (χ0) is 8.97. The molecule has 0 heterocycles. The van der Waals surface area contributed by atoms with Crippen LogP contribution in [0.4, 0.5) is 0 Å². The van der Waals surface area contributed by atoms with Gasteiger partial charge in [-0.25, -0.2) is 0 Å². The Morgan fingerprint density at radius 2 is 0.917 bits per heavy atom. The quantitative estimate of drug-likeness (QED) is 0.627. The molecule has 1 aromatic carbocycles. The van der Waals surface area contributed by atoms with Gasteiger partial charge in [0, 0.05) is 0 Å². The average molecular weight is 156 g/mol. The predicted molar refractivity (Wildman–Crippen MR) is 56.7 cm³/mol. The Kier molecular flexibility index (Phi) is 2.65. The maximum absolute atomic E-state index is 3.71. The first-order chi connectivity index (χ1) is 5.80. The van der Waals surface area contributed by atoms with Crippen LogP contribution in [0.2, 0.25) is 0 Å². The molecule has 0 aliphatic heterocycles. The summed E-state index contributed by atoms with van der Waals surface area (Å²) < 4.78 is 0. The minimum absolute atomic E-state index is 1.10. The van der Waals surface area contributed by atoms with Crippen molar-refractivity contribution in [2.24, 2.45) is 0 Å². The van der Waals surface area contributed by atoms with Crippen LogP contribution in [0.5, 0.6) is 0 Å². The molecule has 0 heteroatoms. The first-order valence-electron chi connectivity index (χ1n) is 3.82. The van der Waals surface area contributed by atoms with Gasteiger partial charge in [0.15, 0.2) is 0 Å². The summed E-state index contributed by atoms with van der Waals surface area (Å²) in [5, 5.41) is 0. The van der Waals surface area contributed by atoms with E-state index in [-0.39, 0.29) is 0 Å². The highest BCUT2D eigenvalue weighted by molar-refractivity contribution is 5.62. The Morgan fingerprint density at radius 3 is 1.08 bits per heavy atom. The first-order valence-corrected chi connectivity index (χ1v) is 3.82. The van der Waals surface area contributed by atoms with E-state index >= 15 is 0 Å². The molecule has 0 spiro atoms. The minimum Gasteiger partial charge on any atom is -0.0985 e. The van der Waals surface area contributed by atoms with E-state index in [2.05, 4.69) is 19.7 Å². The van der Waals surface area contributed by atoms with Crippen molar-refractivity contribution in [1.82, 2.24) is 0 Å². The van der Waals surface area contributed by atoms with Crippen molar-refractivity contribution in [2.45, 2.75) is 0 Å². The summed E-state index contributed by atoms with van der Waals surface area (Å²) in [6.45, 7) is 11.1. The second-order valence-electron chi connectivity index (χ2n) is 2.55. The van der Waals surface area contributed by atoms with Crippen LogP contribution >= 0.6 is 0 Å². The number of hydrogen-bond acceptors (Lipinski definition) is 0. The smallest absolute Gasteiger partial charge is 0.0251 e. The third-order valence-electron chi connectivity index (χ3n) is 1.71. The molecular formula is C12H12. The third kappa shape index (κ3) is 1.73. The van der Waals surface area contributed by atoms with Crippen LogP contribution in [-0.4, -0.2) is 0 Å². The van der Waals surface area contributed by atoms with Crippen LogP contribution in [0.25, 0.3) is 18.2 Å². The monoisotopic (exact) mass is 156 g/mol. The second kappa shape index (κ2) is 3.72. The van der Waals surface area contributed by atoms with E-state index in [0.717, 1.165) is 16.7 Å². The van der Waals surface area contributed by atoms with Crippen molar-refractivity contribution >= 4 is 18.2 Å². The lowest BCUT2D eigenvalue weighted by atomic mass is 10.1. The molecule has 0 radical (unpaired) electrons. The van der Waals surface area contributed by atoms with E-state index in [4.69, 9.17) is 0 Å². The molecule has 0 bridgehead atoms. The van der Waals surface area contributed by atoms with Gasteiger partial charge in [-0.05, 0) is 34.9 Å². The zero-order valence-corrected chi connectivity index (χ0v) is 7.09. The van der Waals surface area contributed by atoms with Crippen molar-refractivity contribution in [2.75, 3.05) is 0 Å². The number of benzene rings is 1. The molecule has 0 aliphatic rings. The summed E-state index contributed by atoms with van der Waals surface area (Å²) in [6.07, 6.45) is 5.46. The van der Waals surface area contributed by atoms with Crippen molar-refractivity contribution in [1.29, 1.82) is 0 Å². The Bertz CT molecular complexity index is 254. The summed E-state index contributed by atoms with van der Waals surface area (Å²) >= 11 is 0. The van der Waals surface area contributed by atoms with E-state index in [0.29, 0.717) is 0 Å². The first kappa shape index (κ1) is 8.54. The van der Waals surface area contributed by atoms with Gasteiger partial charge in [-0.2, -0.15) is 0 Å². The molecule has 0 fully saturated rings. The van der Waals surface area contributed by atoms with Gasteiger partial charge >= 0.3 is 0 Å². The normalized spacial score (nSPS) is 9.00. The van der Waals surface area contributed by atoms with Gasteiger partial charge in [-0.3, -0.25) is 0 Å². The summed E-state index contributed by atoms with van der Waals surface area (Å²) in [5.74, 6) is 0. The van der Waals surface area contributed by atoms with E-state index in [1.54, 1.807) is 0 Å². The van der Waals surface area contributed by atoms with Crippen LogP contribution in [-0.2, 0) is 0 Å². The Balaban J connectivity index is 3.26. The molecule has 0 N–H and O–H groups in total. The van der Waals surface area contributed by atoms with Crippen LogP contribution < -0.4 is 0 Å². The molecule has 0 atom stereocenters. The van der Waals surface area contributed by atoms with Crippen LogP contribution in [0.15, 0.2) is 37.9 Å². The molecule has 12 heavy (non-hydrogen) atoms. The highest BCUT2D eigenvalue weighted by Crippen LogP contribution is 2.13. The van der Waals surface area contributed by atoms with Gasteiger partial charge in [-0.1, -0.05) is 38.0 Å². The fourth-order valence-electron chi connectivity index (χ4n) is 1.06. The molecule has 0 nitrogen and oxygen atoms in total. The van der Waals surface area contributed by atoms with Gasteiger partial charge in [-0.15, -0.1) is 0 Å². The van der Waals surface area contributed by atoms with E-state index in [9.17, 15) is 0 Å². The Hall–Kier alpha value is -1.56. The van der Waals surface area contributed by atoms with E-state index < -0.39 is 0 Å². The fraction of sp³-hybridized carbons (Fsp3) is 0. The fourth-order valence-corrected chi connectivity index (χ4v) is 1.06. The van der Waals surface area contributed by atoms with Crippen LogP contribution in [0.1, 0.15) is 16.7 Å². The Labute approximate surface area is 73.6 Å². The second-order valence-corrected chi connectivity index (χ2v) is 2.55. The molecule has 0 aromatic heterocycles. The lowest BCUT2D eigenvalue weighted by Crippen LogP contribution is -1.79. The number of rotatable bonds is 3. The van der Waals surface area contributed by atoms with Crippen molar-refractivity contribution in [3.63, 3.8) is 0 Å². The summed E-state index contributed by atoms with van der Waals surface area (Å²) in [4.78, 5) is 0. The molecule has 1 rings (SSSR count). The summed E-state index contributed by atoms with van der Waals surface area (Å²) in [7, 11) is 0. The lowest BCUT2D eigenvalue weighted by Gasteiger charge is -1.99. The molecule has 0 aliphatic carbocycles. The van der Waals surface area contributed by atoms with Crippen LogP contribution in [0.3, 0.4) is 0 Å². The van der Waals surface area contributed by atoms with Gasteiger partial charge in [0.2, 0.25) is 0 Å². The standard InChI is InChI=1S/C12H12/c1-4-10-7-11(5-2)9-12(6-3)8-10/h4-9H,1-3H2. The van der Waals surface area contributed by atoms with Gasteiger partial charge in [0.1, 0.15) is 0 Å². The number of hydrogen-bond donors (Lipinski definition) is 0. The average Bonchev–Trinajstić information content (AvgIpc) is 2.16. The van der Waals surface area contributed by atoms with Crippen molar-refractivity contribution in [3.8, 4) is 0 Å². The van der Waals surface area contributed by atoms with Crippen molar-refractivity contribution in [3.05, 3.63) is 54.6 Å². The van der Waals surface area contributed by atoms with Crippen molar-refractivity contribution < 1.29 is 0 Å². The predicted octanol–water partition coefficient (Wildman–Crippen LogP) is 3.62. The van der Waals surface area contributed by atoms with Gasteiger partial charge in [0.05, 0.1) is 0 Å².